The van der Waals surface area contributed by atoms with Crippen molar-refractivity contribution >= 4 is 11.9 Å². The van der Waals surface area contributed by atoms with E-state index in [0.717, 1.165) is 32.6 Å². The van der Waals surface area contributed by atoms with Crippen LogP contribution in [0.25, 0.3) is 5.95 Å². The lowest BCUT2D eigenvalue weighted by Gasteiger charge is -2.22. The molecule has 3 rings (SSSR count). The summed E-state index contributed by atoms with van der Waals surface area (Å²) in [6.45, 7) is 2.46. The van der Waals surface area contributed by atoms with Crippen LogP contribution in [0.1, 0.15) is 12.8 Å². The lowest BCUT2D eigenvalue weighted by molar-refractivity contribution is 0.0699. The van der Waals surface area contributed by atoms with E-state index < -0.39 is 0 Å². The molecular formula is C12H17N7O. The van der Waals surface area contributed by atoms with Gasteiger partial charge in [-0.2, -0.15) is 20.1 Å². The van der Waals surface area contributed by atoms with E-state index in [1.165, 1.54) is 0 Å². The number of rotatable bonds is 4. The van der Waals surface area contributed by atoms with Crippen LogP contribution in [0, 0.1) is 5.92 Å². The molecule has 0 bridgehead atoms. The van der Waals surface area contributed by atoms with E-state index in [2.05, 4.69) is 25.4 Å². The van der Waals surface area contributed by atoms with Crippen molar-refractivity contribution < 1.29 is 4.74 Å². The lowest BCUT2D eigenvalue weighted by Crippen LogP contribution is -2.23. The van der Waals surface area contributed by atoms with Gasteiger partial charge in [0, 0.05) is 32.2 Å². The summed E-state index contributed by atoms with van der Waals surface area (Å²) in [6.07, 6.45) is 5.53. The van der Waals surface area contributed by atoms with Gasteiger partial charge in [0.1, 0.15) is 0 Å². The van der Waals surface area contributed by atoms with E-state index >= 15 is 0 Å². The number of hydrogen-bond donors (Lipinski definition) is 2. The second-order valence-corrected chi connectivity index (χ2v) is 4.70. The van der Waals surface area contributed by atoms with E-state index in [9.17, 15) is 0 Å². The molecule has 1 saturated heterocycles. The maximum absolute atomic E-state index is 5.71. The Bertz CT molecular complexity index is 551. The molecule has 3 heterocycles. The monoisotopic (exact) mass is 275 g/mol. The van der Waals surface area contributed by atoms with Gasteiger partial charge in [-0.05, 0) is 24.8 Å². The molecule has 8 heteroatoms. The Morgan fingerprint density at radius 3 is 2.90 bits per heavy atom. The molecule has 2 aromatic heterocycles. The standard InChI is InChI=1S/C12H17N7O/c13-10-16-11(14-8-9-2-6-20-7-3-9)18-12(17-10)19-5-1-4-15-19/h1,4-5,9H,2-3,6-8H2,(H3,13,14,16,17,18). The molecule has 0 atom stereocenters. The molecule has 3 N–H and O–H groups in total. The molecule has 0 unspecified atom stereocenters. The molecule has 0 saturated carbocycles. The van der Waals surface area contributed by atoms with Crippen LogP contribution >= 0.6 is 0 Å². The third-order valence-corrected chi connectivity index (χ3v) is 3.24. The maximum atomic E-state index is 5.71. The van der Waals surface area contributed by atoms with Gasteiger partial charge in [-0.1, -0.05) is 0 Å². The molecule has 0 spiro atoms. The SMILES string of the molecule is Nc1nc(NCC2CCOCC2)nc(-n2cccn2)n1. The average molecular weight is 275 g/mol. The highest BCUT2D eigenvalue weighted by Gasteiger charge is 2.14. The Labute approximate surface area is 116 Å². The van der Waals surface area contributed by atoms with Crippen molar-refractivity contribution in [1.82, 2.24) is 24.7 Å². The first kappa shape index (κ1) is 12.8. The van der Waals surface area contributed by atoms with Gasteiger partial charge in [-0.3, -0.25) is 0 Å². The topological polar surface area (TPSA) is 104 Å². The quantitative estimate of drug-likeness (QED) is 0.836. The highest BCUT2D eigenvalue weighted by Crippen LogP contribution is 2.15. The maximum Gasteiger partial charge on any atom is 0.257 e. The molecule has 106 valence electrons. The number of anilines is 2. The average Bonchev–Trinajstić information content (AvgIpc) is 3.00. The second kappa shape index (κ2) is 5.83. The largest absolute Gasteiger partial charge is 0.381 e. The number of nitrogens with one attached hydrogen (secondary N) is 1. The number of ether oxygens (including phenoxy) is 1. The molecule has 1 aliphatic heterocycles. The number of nitrogens with two attached hydrogens (primary N) is 1. The van der Waals surface area contributed by atoms with Gasteiger partial charge in [0.2, 0.25) is 11.9 Å². The Kier molecular flexibility index (Phi) is 3.73. The molecule has 8 nitrogen and oxygen atoms in total. The minimum atomic E-state index is 0.181. The molecule has 0 aromatic carbocycles. The lowest BCUT2D eigenvalue weighted by atomic mass is 10.0. The fraction of sp³-hybridized carbons (Fsp3) is 0.500. The van der Waals surface area contributed by atoms with E-state index in [0.29, 0.717) is 17.8 Å². The fourth-order valence-electron chi connectivity index (χ4n) is 2.14. The first-order valence-corrected chi connectivity index (χ1v) is 6.64. The van der Waals surface area contributed by atoms with E-state index in [1.807, 2.05) is 0 Å². The summed E-state index contributed by atoms with van der Waals surface area (Å²) in [4.78, 5) is 12.5. The summed E-state index contributed by atoms with van der Waals surface area (Å²) in [5.41, 5.74) is 5.71. The number of aromatic nitrogens is 5. The molecule has 1 aliphatic rings. The van der Waals surface area contributed by atoms with Crippen molar-refractivity contribution in [2.45, 2.75) is 12.8 Å². The van der Waals surface area contributed by atoms with Gasteiger partial charge >= 0.3 is 0 Å². The van der Waals surface area contributed by atoms with Crippen LogP contribution < -0.4 is 11.1 Å². The Morgan fingerprint density at radius 2 is 2.15 bits per heavy atom. The van der Waals surface area contributed by atoms with Gasteiger partial charge in [0.25, 0.3) is 5.95 Å². The number of hydrogen-bond acceptors (Lipinski definition) is 7. The van der Waals surface area contributed by atoms with Gasteiger partial charge in [0.05, 0.1) is 0 Å². The van der Waals surface area contributed by atoms with E-state index in [-0.39, 0.29) is 5.95 Å². The van der Waals surface area contributed by atoms with Crippen LogP contribution in [0.4, 0.5) is 11.9 Å². The molecule has 0 radical (unpaired) electrons. The Balaban J connectivity index is 1.69. The van der Waals surface area contributed by atoms with Crippen molar-refractivity contribution in [2.75, 3.05) is 30.8 Å². The fourth-order valence-corrected chi connectivity index (χ4v) is 2.14. The van der Waals surface area contributed by atoms with Crippen LogP contribution in [0.2, 0.25) is 0 Å². The predicted octanol–water partition coefficient (Wildman–Crippen LogP) is 0.478. The summed E-state index contributed by atoms with van der Waals surface area (Å²) >= 11 is 0. The summed E-state index contributed by atoms with van der Waals surface area (Å²) < 4.78 is 6.89. The molecule has 0 aliphatic carbocycles. The molecular weight excluding hydrogens is 258 g/mol. The zero-order chi connectivity index (χ0) is 13.8. The smallest absolute Gasteiger partial charge is 0.257 e. The Morgan fingerprint density at radius 1 is 1.30 bits per heavy atom. The summed E-state index contributed by atoms with van der Waals surface area (Å²) in [7, 11) is 0. The van der Waals surface area contributed by atoms with Gasteiger partial charge in [0.15, 0.2) is 0 Å². The van der Waals surface area contributed by atoms with Crippen LogP contribution in [0.15, 0.2) is 18.5 Å². The Hall–Kier alpha value is -2.22. The normalized spacial score (nSPS) is 16.2. The highest BCUT2D eigenvalue weighted by atomic mass is 16.5. The van der Waals surface area contributed by atoms with Crippen molar-refractivity contribution in [3.8, 4) is 5.95 Å². The van der Waals surface area contributed by atoms with Crippen molar-refractivity contribution in [2.24, 2.45) is 5.92 Å². The zero-order valence-corrected chi connectivity index (χ0v) is 11.1. The molecule has 1 fully saturated rings. The minimum absolute atomic E-state index is 0.181. The number of nitrogens with zero attached hydrogens (tertiary/aromatic N) is 5. The van der Waals surface area contributed by atoms with Crippen molar-refractivity contribution in [1.29, 1.82) is 0 Å². The third-order valence-electron chi connectivity index (χ3n) is 3.24. The van der Waals surface area contributed by atoms with Crippen LogP contribution in [-0.4, -0.2) is 44.5 Å². The zero-order valence-electron chi connectivity index (χ0n) is 11.1. The van der Waals surface area contributed by atoms with Gasteiger partial charge < -0.3 is 15.8 Å². The predicted molar refractivity (Wildman–Crippen MR) is 73.4 cm³/mol. The molecule has 2 aromatic rings. The third kappa shape index (κ3) is 3.02. The second-order valence-electron chi connectivity index (χ2n) is 4.70. The van der Waals surface area contributed by atoms with Crippen molar-refractivity contribution in [3.63, 3.8) is 0 Å². The first-order valence-electron chi connectivity index (χ1n) is 6.64. The van der Waals surface area contributed by atoms with Crippen molar-refractivity contribution in [3.05, 3.63) is 18.5 Å². The minimum Gasteiger partial charge on any atom is -0.381 e. The first-order chi connectivity index (χ1) is 9.81. The highest BCUT2D eigenvalue weighted by molar-refractivity contribution is 5.34. The van der Waals surface area contributed by atoms with E-state index in [4.69, 9.17) is 10.5 Å². The number of nitrogen functional groups attached to an aromatic ring is 1. The van der Waals surface area contributed by atoms with Crippen LogP contribution in [0.3, 0.4) is 0 Å². The van der Waals surface area contributed by atoms with E-state index in [1.54, 1.807) is 23.1 Å². The van der Waals surface area contributed by atoms with Crippen LogP contribution in [0.5, 0.6) is 0 Å². The molecule has 20 heavy (non-hydrogen) atoms. The molecule has 0 amide bonds. The van der Waals surface area contributed by atoms with Gasteiger partial charge in [-0.15, -0.1) is 0 Å². The van der Waals surface area contributed by atoms with Crippen LogP contribution in [-0.2, 0) is 4.74 Å². The van der Waals surface area contributed by atoms with Gasteiger partial charge in [-0.25, -0.2) is 4.68 Å². The summed E-state index contributed by atoms with van der Waals surface area (Å²) in [5, 5.41) is 7.30. The summed E-state index contributed by atoms with van der Waals surface area (Å²) in [5.74, 6) is 1.65. The summed E-state index contributed by atoms with van der Waals surface area (Å²) in [6, 6.07) is 1.80.